The maximum atomic E-state index is 8.04. The van der Waals surface area contributed by atoms with Crippen LogP contribution in [0.25, 0.3) is 0 Å². The number of rotatable bonds is 13. The number of nitrogens with one attached hydrogen (secondary N) is 3. The third-order valence-corrected chi connectivity index (χ3v) is 4.47. The largest absolute Gasteiger partial charge is 0.373 e. The molecule has 0 aromatic heterocycles. The molecule has 0 bridgehead atoms. The lowest BCUT2D eigenvalue weighted by Crippen LogP contribution is -2.35. The predicted octanol–water partition coefficient (Wildman–Crippen LogP) is 2.62. The van der Waals surface area contributed by atoms with Gasteiger partial charge in [0.1, 0.15) is 5.84 Å². The number of amidine groups is 1. The van der Waals surface area contributed by atoms with Gasteiger partial charge in [0.2, 0.25) is 5.96 Å². The molecule has 0 saturated heterocycles. The highest BCUT2D eigenvalue weighted by molar-refractivity contribution is 5.95. The van der Waals surface area contributed by atoms with Crippen LogP contribution in [0.3, 0.4) is 0 Å². The number of nitrogens with zero attached hydrogens (tertiary/aromatic N) is 3. The summed E-state index contributed by atoms with van der Waals surface area (Å²) in [6, 6.07) is 0. The molecular formula is C19H42N6. The van der Waals surface area contributed by atoms with Crippen LogP contribution in [-0.4, -0.2) is 74.0 Å². The zero-order valence-electron chi connectivity index (χ0n) is 17.5. The van der Waals surface area contributed by atoms with Crippen LogP contribution in [0.2, 0.25) is 0 Å². The Labute approximate surface area is 156 Å². The van der Waals surface area contributed by atoms with Crippen molar-refractivity contribution in [2.45, 2.75) is 54.4 Å². The van der Waals surface area contributed by atoms with Gasteiger partial charge in [0, 0.05) is 19.0 Å². The van der Waals surface area contributed by atoms with E-state index < -0.39 is 0 Å². The van der Waals surface area contributed by atoms with Gasteiger partial charge in [-0.05, 0) is 52.1 Å². The van der Waals surface area contributed by atoms with Crippen LogP contribution < -0.4 is 10.6 Å². The van der Waals surface area contributed by atoms with E-state index in [2.05, 4.69) is 67.0 Å². The van der Waals surface area contributed by atoms with Gasteiger partial charge in [0.05, 0.1) is 0 Å². The summed E-state index contributed by atoms with van der Waals surface area (Å²) in [5.74, 6) is 1.46. The van der Waals surface area contributed by atoms with Gasteiger partial charge in [-0.15, -0.1) is 0 Å². The minimum atomic E-state index is 0.263. The van der Waals surface area contributed by atoms with Gasteiger partial charge < -0.3 is 20.4 Å². The number of aliphatic imine (C=N–C) groups is 1. The smallest absolute Gasteiger partial charge is 0.216 e. The molecule has 0 aliphatic carbocycles. The van der Waals surface area contributed by atoms with E-state index in [0.717, 1.165) is 71.0 Å². The van der Waals surface area contributed by atoms with Crippen molar-refractivity contribution in [3.63, 3.8) is 0 Å². The molecule has 0 spiro atoms. The lowest BCUT2D eigenvalue weighted by molar-refractivity contribution is 0.300. The molecule has 0 heterocycles. The Hall–Kier alpha value is -1.14. The Morgan fingerprint density at radius 3 is 1.68 bits per heavy atom. The van der Waals surface area contributed by atoms with Crippen molar-refractivity contribution in [3.8, 4) is 0 Å². The van der Waals surface area contributed by atoms with Gasteiger partial charge in [0.25, 0.3) is 0 Å². The summed E-state index contributed by atoms with van der Waals surface area (Å²) in [7, 11) is 0. The molecule has 0 atom stereocenters. The van der Waals surface area contributed by atoms with Gasteiger partial charge in [-0.25, -0.2) is 4.99 Å². The molecule has 0 aliphatic rings. The highest BCUT2D eigenvalue weighted by atomic mass is 15.1. The lowest BCUT2D eigenvalue weighted by Gasteiger charge is -2.19. The molecule has 0 fully saturated rings. The zero-order chi connectivity index (χ0) is 19.1. The number of guanidine groups is 1. The van der Waals surface area contributed by atoms with E-state index in [0.29, 0.717) is 5.92 Å². The van der Waals surface area contributed by atoms with E-state index >= 15 is 0 Å². The lowest BCUT2D eigenvalue weighted by atomic mass is 10.2. The fourth-order valence-electron chi connectivity index (χ4n) is 2.64. The standard InChI is InChI=1S/C19H42N6/c1-7-24(8-2)15-11-13-21-18(17(5)6)23-19(20)22-14-12-16-25(9-3)10-4/h17H,7-16H2,1-6H3,(H3,20,21,22,23). The maximum Gasteiger partial charge on any atom is 0.216 e. The van der Waals surface area contributed by atoms with Gasteiger partial charge in [0.15, 0.2) is 0 Å². The first-order valence-corrected chi connectivity index (χ1v) is 10.1. The summed E-state index contributed by atoms with van der Waals surface area (Å²) < 4.78 is 0. The van der Waals surface area contributed by atoms with Gasteiger partial charge in [-0.3, -0.25) is 5.41 Å². The van der Waals surface area contributed by atoms with Crippen molar-refractivity contribution in [1.82, 2.24) is 20.4 Å². The zero-order valence-corrected chi connectivity index (χ0v) is 17.5. The molecular weight excluding hydrogens is 312 g/mol. The molecule has 148 valence electrons. The van der Waals surface area contributed by atoms with E-state index in [9.17, 15) is 0 Å². The van der Waals surface area contributed by atoms with Crippen LogP contribution in [-0.2, 0) is 0 Å². The summed E-state index contributed by atoms with van der Waals surface area (Å²) in [5, 5.41) is 14.6. The Morgan fingerprint density at radius 1 is 0.840 bits per heavy atom. The quantitative estimate of drug-likeness (QED) is 0.270. The summed E-state index contributed by atoms with van der Waals surface area (Å²) >= 11 is 0. The summed E-state index contributed by atoms with van der Waals surface area (Å²) in [6.07, 6.45) is 2.13. The normalized spacial score (nSPS) is 12.3. The van der Waals surface area contributed by atoms with Crippen molar-refractivity contribution in [1.29, 1.82) is 5.41 Å². The second-order valence-electron chi connectivity index (χ2n) is 6.61. The van der Waals surface area contributed by atoms with E-state index in [-0.39, 0.29) is 5.96 Å². The van der Waals surface area contributed by atoms with Crippen molar-refractivity contribution < 1.29 is 0 Å². The van der Waals surface area contributed by atoms with E-state index in [1.807, 2.05) is 0 Å². The Bertz CT molecular complexity index is 359. The van der Waals surface area contributed by atoms with Crippen molar-refractivity contribution >= 4 is 11.8 Å². The minimum absolute atomic E-state index is 0.263. The monoisotopic (exact) mass is 354 g/mol. The van der Waals surface area contributed by atoms with Crippen molar-refractivity contribution in [2.75, 3.05) is 52.4 Å². The first kappa shape index (κ1) is 23.9. The van der Waals surface area contributed by atoms with Crippen LogP contribution in [0.5, 0.6) is 0 Å². The molecule has 0 saturated carbocycles. The Kier molecular flexibility index (Phi) is 14.5. The van der Waals surface area contributed by atoms with Crippen molar-refractivity contribution in [3.05, 3.63) is 0 Å². The van der Waals surface area contributed by atoms with Crippen LogP contribution in [0.15, 0.2) is 4.99 Å². The van der Waals surface area contributed by atoms with Crippen LogP contribution in [0.4, 0.5) is 0 Å². The second kappa shape index (κ2) is 15.1. The van der Waals surface area contributed by atoms with Crippen LogP contribution in [0, 0.1) is 11.3 Å². The molecule has 6 nitrogen and oxygen atoms in total. The SMILES string of the molecule is CCN(CC)CCCNC(=N)/N=C(/NCCCN(CC)CC)C(C)C. The topological polar surface area (TPSA) is 66.8 Å². The average Bonchev–Trinajstić information content (AvgIpc) is 2.60. The maximum absolute atomic E-state index is 8.04. The summed E-state index contributed by atoms with van der Waals surface area (Å²) in [6.45, 7) is 21.2. The molecule has 0 radical (unpaired) electrons. The number of hydrogen-bond acceptors (Lipinski definition) is 3. The van der Waals surface area contributed by atoms with Crippen LogP contribution in [0.1, 0.15) is 54.4 Å². The minimum Gasteiger partial charge on any atom is -0.373 e. The van der Waals surface area contributed by atoms with Gasteiger partial charge >= 0.3 is 0 Å². The van der Waals surface area contributed by atoms with E-state index in [4.69, 9.17) is 5.41 Å². The second-order valence-corrected chi connectivity index (χ2v) is 6.61. The first-order chi connectivity index (χ1) is 12.0. The molecule has 6 heteroatoms. The molecule has 0 amide bonds. The fraction of sp³-hybridized carbons (Fsp3) is 0.895. The van der Waals surface area contributed by atoms with E-state index in [1.165, 1.54) is 0 Å². The molecule has 0 aromatic carbocycles. The molecule has 0 aromatic rings. The summed E-state index contributed by atoms with van der Waals surface area (Å²) in [4.78, 5) is 9.26. The van der Waals surface area contributed by atoms with Gasteiger partial charge in [-0.1, -0.05) is 41.5 Å². The summed E-state index contributed by atoms with van der Waals surface area (Å²) in [5.41, 5.74) is 0. The first-order valence-electron chi connectivity index (χ1n) is 10.1. The molecule has 3 N–H and O–H groups in total. The fourth-order valence-corrected chi connectivity index (χ4v) is 2.64. The third-order valence-electron chi connectivity index (χ3n) is 4.47. The Balaban J connectivity index is 4.17. The average molecular weight is 355 g/mol. The molecule has 0 aliphatic heterocycles. The number of hydrogen-bond donors (Lipinski definition) is 3. The van der Waals surface area contributed by atoms with E-state index in [1.54, 1.807) is 0 Å². The molecule has 0 rings (SSSR count). The Morgan fingerprint density at radius 2 is 1.28 bits per heavy atom. The highest BCUT2D eigenvalue weighted by Gasteiger charge is 2.07. The molecule has 25 heavy (non-hydrogen) atoms. The van der Waals surface area contributed by atoms with Crippen LogP contribution >= 0.6 is 0 Å². The molecule has 0 unspecified atom stereocenters. The van der Waals surface area contributed by atoms with Crippen molar-refractivity contribution in [2.24, 2.45) is 10.9 Å². The predicted molar refractivity (Wildman–Crippen MR) is 111 cm³/mol. The van der Waals surface area contributed by atoms with Gasteiger partial charge in [-0.2, -0.15) is 0 Å². The highest BCUT2D eigenvalue weighted by Crippen LogP contribution is 1.97. The third kappa shape index (κ3) is 11.9.